The quantitative estimate of drug-likeness (QED) is 0.0913. The van der Waals surface area contributed by atoms with Crippen LogP contribution in [0.15, 0.2) is 0 Å². The van der Waals surface area contributed by atoms with E-state index in [1.807, 2.05) is 0 Å². The van der Waals surface area contributed by atoms with Gasteiger partial charge in [0.15, 0.2) is 0 Å². The molecule has 0 spiro atoms. The number of amides is 4. The molecular formula is C22H43N7O6. The normalized spacial score (nSPS) is 14.5. The maximum Gasteiger partial charge on any atom is 0.326 e. The lowest BCUT2D eigenvalue weighted by atomic mass is 10.0. The minimum atomic E-state index is -1.23. The Labute approximate surface area is 206 Å². The summed E-state index contributed by atoms with van der Waals surface area (Å²) in [4.78, 5) is 61.1. The molecule has 0 fully saturated rings. The van der Waals surface area contributed by atoms with Crippen LogP contribution in [-0.2, 0) is 24.0 Å². The summed E-state index contributed by atoms with van der Waals surface area (Å²) >= 11 is 0. The molecule has 0 saturated carbocycles. The van der Waals surface area contributed by atoms with Crippen LogP contribution in [0.4, 0.5) is 0 Å². The molecule has 4 atom stereocenters. The number of carbonyl (C=O) groups is 5. The van der Waals surface area contributed by atoms with E-state index in [-0.39, 0.29) is 19.3 Å². The second-order valence-corrected chi connectivity index (χ2v) is 8.87. The highest BCUT2D eigenvalue weighted by Crippen LogP contribution is 2.08. The maximum atomic E-state index is 13.0. The van der Waals surface area contributed by atoms with Gasteiger partial charge in [0.2, 0.25) is 23.6 Å². The average Bonchev–Trinajstić information content (AvgIpc) is 2.78. The number of primary amides is 1. The smallest absolute Gasteiger partial charge is 0.326 e. The Kier molecular flexibility index (Phi) is 16.2. The van der Waals surface area contributed by atoms with Crippen LogP contribution >= 0.6 is 0 Å². The Morgan fingerprint density at radius 2 is 1.23 bits per heavy atom. The highest BCUT2D eigenvalue weighted by Gasteiger charge is 2.31. The van der Waals surface area contributed by atoms with Crippen LogP contribution in [0, 0.1) is 5.92 Å². The summed E-state index contributed by atoms with van der Waals surface area (Å²) in [5, 5.41) is 16.9. The first-order chi connectivity index (χ1) is 16.4. The lowest BCUT2D eigenvalue weighted by molar-refractivity contribution is -0.143. The molecule has 0 aromatic rings. The summed E-state index contributed by atoms with van der Waals surface area (Å²) < 4.78 is 0. The molecule has 4 amide bonds. The van der Waals surface area contributed by atoms with Crippen molar-refractivity contribution in [2.24, 2.45) is 28.9 Å². The summed E-state index contributed by atoms with van der Waals surface area (Å²) in [6.45, 7) is 4.12. The summed E-state index contributed by atoms with van der Waals surface area (Å²) in [6.07, 6.45) is 2.81. The predicted octanol–water partition coefficient (Wildman–Crippen LogP) is -1.97. The molecule has 12 N–H and O–H groups in total. The van der Waals surface area contributed by atoms with Crippen molar-refractivity contribution in [1.29, 1.82) is 0 Å². The monoisotopic (exact) mass is 501 g/mol. The average molecular weight is 502 g/mol. The molecule has 13 heteroatoms. The molecule has 0 aliphatic heterocycles. The Hall–Kier alpha value is -2.77. The van der Waals surface area contributed by atoms with Crippen molar-refractivity contribution in [3.63, 3.8) is 0 Å². The largest absolute Gasteiger partial charge is 0.480 e. The van der Waals surface area contributed by atoms with Gasteiger partial charge in [-0.15, -0.1) is 0 Å². The van der Waals surface area contributed by atoms with Crippen molar-refractivity contribution in [2.45, 2.75) is 89.4 Å². The second kappa shape index (κ2) is 17.6. The van der Waals surface area contributed by atoms with Gasteiger partial charge in [-0.2, -0.15) is 0 Å². The highest BCUT2D eigenvalue weighted by molar-refractivity contribution is 5.94. The fourth-order valence-corrected chi connectivity index (χ4v) is 3.28. The highest BCUT2D eigenvalue weighted by atomic mass is 16.4. The third-order valence-corrected chi connectivity index (χ3v) is 5.43. The van der Waals surface area contributed by atoms with Gasteiger partial charge in [0, 0.05) is 6.42 Å². The van der Waals surface area contributed by atoms with Crippen molar-refractivity contribution < 1.29 is 29.1 Å². The molecule has 0 bridgehead atoms. The molecule has 13 nitrogen and oxygen atoms in total. The number of carboxylic acids is 1. The Balaban J connectivity index is 5.50. The number of aliphatic carboxylic acids is 1. The zero-order valence-electron chi connectivity index (χ0n) is 20.8. The minimum absolute atomic E-state index is 0.139. The van der Waals surface area contributed by atoms with Crippen LogP contribution in [0.25, 0.3) is 0 Å². The lowest BCUT2D eigenvalue weighted by Crippen LogP contribution is -2.57. The van der Waals surface area contributed by atoms with Gasteiger partial charge in [-0.05, 0) is 57.5 Å². The summed E-state index contributed by atoms with van der Waals surface area (Å²) in [6, 6.07) is -4.26. The van der Waals surface area contributed by atoms with Crippen molar-refractivity contribution in [3.8, 4) is 0 Å². The summed E-state index contributed by atoms with van der Waals surface area (Å²) in [5.74, 6) is -4.29. The topological polar surface area (TPSA) is 246 Å². The molecule has 0 saturated heterocycles. The molecule has 0 rings (SSSR count). The van der Waals surface area contributed by atoms with E-state index in [0.29, 0.717) is 45.2 Å². The molecule has 0 aromatic heterocycles. The standard InChI is InChI=1S/C22H43N7O6/c1-13(2)18(22(34)35)29-21(33)16(9-10-17(26)30)28-20(32)15(8-4-6-12-24)27-19(31)14(25)7-3-5-11-23/h13-16,18H,3-12,23-25H2,1-2H3,(H2,26,30)(H,27,31)(H,28,32)(H,29,33)(H,34,35). The van der Waals surface area contributed by atoms with Crippen LogP contribution < -0.4 is 38.9 Å². The first-order valence-corrected chi connectivity index (χ1v) is 12.0. The number of hydrogen-bond donors (Lipinski definition) is 8. The van der Waals surface area contributed by atoms with Crippen molar-refractivity contribution in [1.82, 2.24) is 16.0 Å². The molecule has 0 heterocycles. The summed E-state index contributed by atoms with van der Waals surface area (Å²) in [7, 11) is 0. The van der Waals surface area contributed by atoms with E-state index < -0.39 is 59.7 Å². The van der Waals surface area contributed by atoms with Crippen molar-refractivity contribution in [3.05, 3.63) is 0 Å². The SMILES string of the molecule is CC(C)C(NC(=O)C(CCC(N)=O)NC(=O)C(CCCCN)NC(=O)C(N)CCCCN)C(=O)O. The molecular weight excluding hydrogens is 458 g/mol. The van der Waals surface area contributed by atoms with Gasteiger partial charge in [0.1, 0.15) is 18.1 Å². The number of hydrogen-bond acceptors (Lipinski definition) is 8. The minimum Gasteiger partial charge on any atom is -0.480 e. The second-order valence-electron chi connectivity index (χ2n) is 8.87. The number of nitrogens with two attached hydrogens (primary N) is 4. The van der Waals surface area contributed by atoms with Crippen molar-refractivity contribution >= 4 is 29.6 Å². The zero-order chi connectivity index (χ0) is 27.0. The van der Waals surface area contributed by atoms with E-state index in [9.17, 15) is 29.1 Å². The number of unbranched alkanes of at least 4 members (excludes halogenated alkanes) is 2. The van der Waals surface area contributed by atoms with Crippen LogP contribution in [0.5, 0.6) is 0 Å². The fraction of sp³-hybridized carbons (Fsp3) is 0.773. The van der Waals surface area contributed by atoms with E-state index in [1.54, 1.807) is 13.8 Å². The van der Waals surface area contributed by atoms with Crippen molar-refractivity contribution in [2.75, 3.05) is 13.1 Å². The first-order valence-electron chi connectivity index (χ1n) is 12.0. The van der Waals surface area contributed by atoms with Gasteiger partial charge in [-0.1, -0.05) is 20.3 Å². The first kappa shape index (κ1) is 32.2. The Morgan fingerprint density at radius 1 is 0.743 bits per heavy atom. The molecule has 0 aromatic carbocycles. The summed E-state index contributed by atoms with van der Waals surface area (Å²) in [5.41, 5.74) is 22.1. The van der Waals surface area contributed by atoms with Gasteiger partial charge < -0.3 is 44.0 Å². The molecule has 0 radical (unpaired) electrons. The molecule has 0 aliphatic carbocycles. The van der Waals surface area contributed by atoms with E-state index >= 15 is 0 Å². The van der Waals surface area contributed by atoms with Gasteiger partial charge in [0.25, 0.3) is 0 Å². The van der Waals surface area contributed by atoms with E-state index in [1.165, 1.54) is 0 Å². The molecule has 35 heavy (non-hydrogen) atoms. The van der Waals surface area contributed by atoms with Crippen LogP contribution in [0.2, 0.25) is 0 Å². The van der Waals surface area contributed by atoms with Crippen LogP contribution in [0.3, 0.4) is 0 Å². The van der Waals surface area contributed by atoms with E-state index in [0.717, 1.165) is 0 Å². The number of nitrogens with one attached hydrogen (secondary N) is 3. The predicted molar refractivity (Wildman–Crippen MR) is 130 cm³/mol. The molecule has 0 aliphatic rings. The number of rotatable bonds is 19. The van der Waals surface area contributed by atoms with Gasteiger partial charge in [-0.3, -0.25) is 19.2 Å². The maximum absolute atomic E-state index is 13.0. The van der Waals surface area contributed by atoms with Crippen LogP contribution in [0.1, 0.15) is 65.2 Å². The zero-order valence-corrected chi connectivity index (χ0v) is 20.8. The Bertz CT molecular complexity index is 704. The lowest BCUT2D eigenvalue weighted by Gasteiger charge is -2.26. The molecule has 4 unspecified atom stereocenters. The Morgan fingerprint density at radius 3 is 1.71 bits per heavy atom. The van der Waals surface area contributed by atoms with Gasteiger partial charge in [-0.25, -0.2) is 4.79 Å². The fourth-order valence-electron chi connectivity index (χ4n) is 3.28. The van der Waals surface area contributed by atoms with Gasteiger partial charge >= 0.3 is 5.97 Å². The third kappa shape index (κ3) is 13.6. The van der Waals surface area contributed by atoms with Gasteiger partial charge in [0.05, 0.1) is 6.04 Å². The van der Waals surface area contributed by atoms with E-state index in [2.05, 4.69) is 16.0 Å². The van der Waals surface area contributed by atoms with E-state index in [4.69, 9.17) is 22.9 Å². The number of carbonyl (C=O) groups excluding carboxylic acids is 4. The van der Waals surface area contributed by atoms with Crippen LogP contribution in [-0.4, -0.2) is 72.0 Å². The third-order valence-electron chi connectivity index (χ3n) is 5.43. The molecule has 202 valence electrons. The number of carboxylic acid groups (broad SMARTS) is 1.